The Bertz CT molecular complexity index is 574. The number of nitrogens with zero attached hydrogens (tertiary/aromatic N) is 1. The SMILES string of the molecule is O=C(c1cc(F)ccc1Br)N1CCS(=O)(=O)CC1. The molecule has 1 fully saturated rings. The molecule has 0 aliphatic carbocycles. The zero-order valence-electron chi connectivity index (χ0n) is 9.40. The van der Waals surface area contributed by atoms with Crippen LogP contribution in [0.3, 0.4) is 0 Å². The Morgan fingerprint density at radius 2 is 1.89 bits per heavy atom. The third kappa shape index (κ3) is 2.89. The van der Waals surface area contributed by atoms with E-state index in [2.05, 4.69) is 15.9 Å². The molecule has 0 radical (unpaired) electrons. The van der Waals surface area contributed by atoms with Crippen molar-refractivity contribution < 1.29 is 17.6 Å². The largest absolute Gasteiger partial charge is 0.337 e. The van der Waals surface area contributed by atoms with E-state index in [0.717, 1.165) is 6.07 Å². The predicted octanol–water partition coefficient (Wildman–Crippen LogP) is 1.46. The summed E-state index contributed by atoms with van der Waals surface area (Å²) in [7, 11) is -3.03. The summed E-state index contributed by atoms with van der Waals surface area (Å²) in [5.74, 6) is -0.917. The van der Waals surface area contributed by atoms with E-state index < -0.39 is 15.7 Å². The number of hydrogen-bond donors (Lipinski definition) is 0. The van der Waals surface area contributed by atoms with Gasteiger partial charge in [-0.3, -0.25) is 4.79 Å². The molecule has 0 bridgehead atoms. The molecule has 1 amide bonds. The number of benzene rings is 1. The van der Waals surface area contributed by atoms with E-state index in [1.165, 1.54) is 17.0 Å². The maximum absolute atomic E-state index is 13.1. The molecule has 0 N–H and O–H groups in total. The van der Waals surface area contributed by atoms with E-state index >= 15 is 0 Å². The summed E-state index contributed by atoms with van der Waals surface area (Å²) in [6.45, 7) is 0.314. The van der Waals surface area contributed by atoms with Crippen LogP contribution in [-0.4, -0.2) is 43.8 Å². The lowest BCUT2D eigenvalue weighted by Gasteiger charge is -2.27. The standard InChI is InChI=1S/C11H11BrFNO3S/c12-10-2-1-8(13)7-9(10)11(15)14-3-5-18(16,17)6-4-14/h1-2,7H,3-6H2. The van der Waals surface area contributed by atoms with Crippen molar-refractivity contribution >= 4 is 31.7 Å². The van der Waals surface area contributed by atoms with Gasteiger partial charge in [0.25, 0.3) is 5.91 Å². The zero-order chi connectivity index (χ0) is 13.3. The Morgan fingerprint density at radius 1 is 1.28 bits per heavy atom. The van der Waals surface area contributed by atoms with Gasteiger partial charge in [-0.2, -0.15) is 0 Å². The molecule has 0 saturated carbocycles. The maximum Gasteiger partial charge on any atom is 0.255 e. The molecule has 1 heterocycles. The third-order valence-corrected chi connectivity index (χ3v) is 5.09. The zero-order valence-corrected chi connectivity index (χ0v) is 11.8. The first kappa shape index (κ1) is 13.5. The smallest absolute Gasteiger partial charge is 0.255 e. The van der Waals surface area contributed by atoms with Crippen molar-refractivity contribution in [1.29, 1.82) is 0 Å². The number of amides is 1. The van der Waals surface area contributed by atoms with Crippen molar-refractivity contribution in [2.45, 2.75) is 0 Å². The van der Waals surface area contributed by atoms with Crippen LogP contribution >= 0.6 is 15.9 Å². The first-order valence-corrected chi connectivity index (χ1v) is 7.95. The van der Waals surface area contributed by atoms with Crippen molar-refractivity contribution in [2.24, 2.45) is 0 Å². The summed E-state index contributed by atoms with van der Waals surface area (Å²) in [5, 5.41) is 0. The molecule has 7 heteroatoms. The molecule has 0 aromatic heterocycles. The molecule has 1 aromatic rings. The molecule has 1 aliphatic heterocycles. The Labute approximate surface area is 113 Å². The Balaban J connectivity index is 2.20. The minimum Gasteiger partial charge on any atom is -0.337 e. The van der Waals surface area contributed by atoms with Gasteiger partial charge in [-0.1, -0.05) is 0 Å². The van der Waals surface area contributed by atoms with Crippen molar-refractivity contribution in [3.63, 3.8) is 0 Å². The number of hydrogen-bond acceptors (Lipinski definition) is 3. The fraction of sp³-hybridized carbons (Fsp3) is 0.364. The lowest BCUT2D eigenvalue weighted by molar-refractivity contribution is 0.0769. The highest BCUT2D eigenvalue weighted by molar-refractivity contribution is 9.10. The minimum atomic E-state index is -3.03. The van der Waals surface area contributed by atoms with Crippen LogP contribution < -0.4 is 0 Å². The third-order valence-electron chi connectivity index (χ3n) is 2.79. The van der Waals surface area contributed by atoms with E-state index in [1.54, 1.807) is 0 Å². The van der Waals surface area contributed by atoms with Gasteiger partial charge in [-0.25, -0.2) is 12.8 Å². The molecular weight excluding hydrogens is 325 g/mol. The van der Waals surface area contributed by atoms with Crippen LogP contribution in [-0.2, 0) is 9.84 Å². The van der Waals surface area contributed by atoms with Gasteiger partial charge in [0.2, 0.25) is 0 Å². The second-order valence-corrected chi connectivity index (χ2v) is 7.23. The Kier molecular flexibility index (Phi) is 3.72. The van der Waals surface area contributed by atoms with E-state index in [0.29, 0.717) is 4.47 Å². The van der Waals surface area contributed by atoms with Crippen LogP contribution in [0.25, 0.3) is 0 Å². The lowest BCUT2D eigenvalue weighted by Crippen LogP contribution is -2.43. The van der Waals surface area contributed by atoms with Crippen molar-refractivity contribution in [3.05, 3.63) is 34.1 Å². The summed E-state index contributed by atoms with van der Waals surface area (Å²) in [4.78, 5) is 13.5. The second kappa shape index (κ2) is 4.97. The number of sulfone groups is 1. The van der Waals surface area contributed by atoms with Crippen LogP contribution in [0.15, 0.2) is 22.7 Å². The fourth-order valence-electron chi connectivity index (χ4n) is 1.75. The molecule has 18 heavy (non-hydrogen) atoms. The average Bonchev–Trinajstić information content (AvgIpc) is 2.31. The molecule has 1 aromatic carbocycles. The van der Waals surface area contributed by atoms with Gasteiger partial charge in [0.15, 0.2) is 9.84 Å². The first-order chi connectivity index (χ1) is 8.39. The van der Waals surface area contributed by atoms with E-state index in [9.17, 15) is 17.6 Å². The van der Waals surface area contributed by atoms with Gasteiger partial charge in [0.1, 0.15) is 5.82 Å². The van der Waals surface area contributed by atoms with Gasteiger partial charge < -0.3 is 4.90 Å². The van der Waals surface area contributed by atoms with Crippen LogP contribution in [0.4, 0.5) is 4.39 Å². The summed E-state index contributed by atoms with van der Waals surface area (Å²) in [6.07, 6.45) is 0. The van der Waals surface area contributed by atoms with Gasteiger partial charge in [-0.15, -0.1) is 0 Å². The van der Waals surface area contributed by atoms with Crippen LogP contribution in [0.2, 0.25) is 0 Å². The molecule has 0 unspecified atom stereocenters. The molecular formula is C11H11BrFNO3S. The Hall–Kier alpha value is -0.950. The summed E-state index contributed by atoms with van der Waals surface area (Å²) in [6, 6.07) is 3.86. The highest BCUT2D eigenvalue weighted by atomic mass is 79.9. The highest BCUT2D eigenvalue weighted by Gasteiger charge is 2.26. The number of carbonyl (C=O) groups excluding carboxylic acids is 1. The van der Waals surface area contributed by atoms with Crippen LogP contribution in [0.1, 0.15) is 10.4 Å². The number of halogens is 2. The summed E-state index contributed by atoms with van der Waals surface area (Å²) < 4.78 is 36.2. The predicted molar refractivity (Wildman–Crippen MR) is 68.7 cm³/mol. The topological polar surface area (TPSA) is 54.5 Å². The van der Waals surface area contributed by atoms with Gasteiger partial charge in [0, 0.05) is 17.6 Å². The van der Waals surface area contributed by atoms with E-state index in [-0.39, 0.29) is 36.1 Å². The number of rotatable bonds is 1. The van der Waals surface area contributed by atoms with E-state index in [4.69, 9.17) is 0 Å². The van der Waals surface area contributed by atoms with Crippen molar-refractivity contribution in [2.75, 3.05) is 24.6 Å². The average molecular weight is 336 g/mol. The molecule has 4 nitrogen and oxygen atoms in total. The monoisotopic (exact) mass is 335 g/mol. The molecule has 1 saturated heterocycles. The molecule has 2 rings (SSSR count). The fourth-order valence-corrected chi connectivity index (χ4v) is 3.36. The normalized spacial score (nSPS) is 18.7. The molecule has 0 spiro atoms. The quantitative estimate of drug-likeness (QED) is 0.780. The lowest BCUT2D eigenvalue weighted by atomic mass is 10.2. The highest BCUT2D eigenvalue weighted by Crippen LogP contribution is 2.20. The van der Waals surface area contributed by atoms with Crippen molar-refractivity contribution in [3.8, 4) is 0 Å². The Morgan fingerprint density at radius 3 is 2.50 bits per heavy atom. The minimum absolute atomic E-state index is 0.0360. The van der Waals surface area contributed by atoms with Gasteiger partial charge in [-0.05, 0) is 34.1 Å². The van der Waals surface area contributed by atoms with Gasteiger partial charge in [0.05, 0.1) is 17.1 Å². The summed E-state index contributed by atoms with van der Waals surface area (Å²) in [5.41, 5.74) is 0.217. The molecule has 0 atom stereocenters. The molecule has 98 valence electrons. The maximum atomic E-state index is 13.1. The summed E-state index contributed by atoms with van der Waals surface area (Å²) >= 11 is 3.19. The van der Waals surface area contributed by atoms with E-state index in [1.807, 2.05) is 0 Å². The van der Waals surface area contributed by atoms with Gasteiger partial charge >= 0.3 is 0 Å². The van der Waals surface area contributed by atoms with Crippen molar-refractivity contribution in [1.82, 2.24) is 4.90 Å². The van der Waals surface area contributed by atoms with Crippen LogP contribution in [0.5, 0.6) is 0 Å². The number of carbonyl (C=O) groups is 1. The van der Waals surface area contributed by atoms with Crippen LogP contribution in [0, 0.1) is 5.82 Å². The second-order valence-electron chi connectivity index (χ2n) is 4.07. The molecule has 1 aliphatic rings. The first-order valence-electron chi connectivity index (χ1n) is 5.34.